The Morgan fingerprint density at radius 2 is 1.94 bits per heavy atom. The predicted molar refractivity (Wildman–Crippen MR) is 132 cm³/mol. The summed E-state index contributed by atoms with van der Waals surface area (Å²) in [5, 5.41) is 8.19. The summed E-state index contributed by atoms with van der Waals surface area (Å²) in [6.45, 7) is 9.58. The van der Waals surface area contributed by atoms with Gasteiger partial charge >= 0.3 is 0 Å². The highest BCUT2D eigenvalue weighted by atomic mass is 16.2. The van der Waals surface area contributed by atoms with Crippen molar-refractivity contribution >= 4 is 39.3 Å². The second-order valence-electron chi connectivity index (χ2n) is 7.90. The summed E-state index contributed by atoms with van der Waals surface area (Å²) in [5.41, 5.74) is 2.24. The lowest BCUT2D eigenvalue weighted by Crippen LogP contribution is -2.37. The van der Waals surface area contributed by atoms with Crippen LogP contribution in [0.1, 0.15) is 6.92 Å². The molecule has 0 aliphatic heterocycles. The van der Waals surface area contributed by atoms with Crippen molar-refractivity contribution in [3.8, 4) is 11.1 Å². The van der Waals surface area contributed by atoms with Crippen molar-refractivity contribution in [2.75, 3.05) is 13.6 Å². The number of nitrogens with one attached hydrogen (secondary N) is 1. The first kappa shape index (κ1) is 22.7. The van der Waals surface area contributed by atoms with E-state index < -0.39 is 17.4 Å². The Morgan fingerprint density at radius 1 is 1.18 bits per heavy atom. The lowest BCUT2D eigenvalue weighted by molar-refractivity contribution is -0.127. The van der Waals surface area contributed by atoms with Crippen LogP contribution in [0, 0.1) is 0 Å². The first-order valence-electron chi connectivity index (χ1n) is 10.6. The van der Waals surface area contributed by atoms with Crippen LogP contribution in [0.5, 0.6) is 0 Å². The summed E-state index contributed by atoms with van der Waals surface area (Å²) >= 11 is 0. The fraction of sp³-hybridized carbons (Fsp3) is 0.160. The Balaban J connectivity index is 1.68. The SMILES string of the molecule is C=C(NC(=O)C(=C)n1cnc2c(-c3ccc4cn(C)nc4c3)cccc2c1=O)C(=O)N(C)CC. The zero-order valence-electron chi connectivity index (χ0n) is 19.2. The van der Waals surface area contributed by atoms with E-state index in [1.165, 1.54) is 11.2 Å². The van der Waals surface area contributed by atoms with Crippen molar-refractivity contribution in [2.24, 2.45) is 7.05 Å². The molecule has 0 saturated carbocycles. The number of rotatable bonds is 6. The third-order valence-corrected chi connectivity index (χ3v) is 5.62. The quantitative estimate of drug-likeness (QED) is 0.449. The number of nitrogens with zero attached hydrogens (tertiary/aromatic N) is 5. The molecule has 0 spiro atoms. The van der Waals surface area contributed by atoms with Gasteiger partial charge in [-0.3, -0.25) is 23.6 Å². The minimum absolute atomic E-state index is 0.107. The van der Waals surface area contributed by atoms with Crippen molar-refractivity contribution in [2.45, 2.75) is 6.92 Å². The van der Waals surface area contributed by atoms with Gasteiger partial charge in [0.15, 0.2) is 0 Å². The van der Waals surface area contributed by atoms with Gasteiger partial charge in [-0.2, -0.15) is 5.10 Å². The first-order chi connectivity index (χ1) is 16.2. The van der Waals surface area contributed by atoms with E-state index in [0.29, 0.717) is 17.4 Å². The number of benzene rings is 2. The van der Waals surface area contributed by atoms with Gasteiger partial charge in [-0.25, -0.2) is 4.98 Å². The van der Waals surface area contributed by atoms with E-state index in [2.05, 4.69) is 28.6 Å². The van der Waals surface area contributed by atoms with Gasteiger partial charge in [-0.05, 0) is 24.6 Å². The molecule has 0 unspecified atom stereocenters. The highest BCUT2D eigenvalue weighted by Crippen LogP contribution is 2.28. The van der Waals surface area contributed by atoms with Gasteiger partial charge in [0.25, 0.3) is 17.4 Å². The number of fused-ring (bicyclic) bond motifs is 2. The number of aryl methyl sites for hydroxylation is 1. The Bertz CT molecular complexity index is 1550. The highest BCUT2D eigenvalue weighted by molar-refractivity contribution is 6.15. The van der Waals surface area contributed by atoms with E-state index >= 15 is 0 Å². The summed E-state index contributed by atoms with van der Waals surface area (Å²) in [4.78, 5) is 43.9. The van der Waals surface area contributed by atoms with Gasteiger partial charge in [0.2, 0.25) is 0 Å². The maximum atomic E-state index is 13.2. The Morgan fingerprint density at radius 3 is 2.68 bits per heavy atom. The number of para-hydroxylation sites is 1. The summed E-state index contributed by atoms with van der Waals surface area (Å²) in [6.07, 6.45) is 3.19. The van der Waals surface area contributed by atoms with Crippen molar-refractivity contribution in [3.05, 3.63) is 78.1 Å². The van der Waals surface area contributed by atoms with Crippen LogP contribution in [-0.4, -0.2) is 49.6 Å². The molecule has 34 heavy (non-hydrogen) atoms. The molecule has 9 nitrogen and oxygen atoms in total. The minimum atomic E-state index is -0.720. The number of aromatic nitrogens is 4. The maximum absolute atomic E-state index is 13.2. The Hall–Kier alpha value is -4.53. The summed E-state index contributed by atoms with van der Waals surface area (Å²) in [7, 11) is 3.45. The maximum Gasteiger partial charge on any atom is 0.272 e. The minimum Gasteiger partial charge on any atom is -0.341 e. The predicted octanol–water partition coefficient (Wildman–Crippen LogP) is 2.53. The summed E-state index contributed by atoms with van der Waals surface area (Å²) < 4.78 is 2.80. The Kier molecular flexibility index (Phi) is 5.85. The Labute approximate surface area is 195 Å². The third kappa shape index (κ3) is 3.99. The number of carbonyl (C=O) groups is 2. The summed E-state index contributed by atoms with van der Waals surface area (Å²) in [5.74, 6) is -1.15. The van der Waals surface area contributed by atoms with Crippen LogP contribution in [0.15, 0.2) is 72.6 Å². The molecular formula is C25H24N6O3. The smallest absolute Gasteiger partial charge is 0.272 e. The van der Waals surface area contributed by atoms with E-state index in [4.69, 9.17) is 0 Å². The fourth-order valence-electron chi connectivity index (χ4n) is 3.63. The van der Waals surface area contributed by atoms with Crippen molar-refractivity contribution in [1.29, 1.82) is 0 Å². The molecule has 0 fully saturated rings. The lowest BCUT2D eigenvalue weighted by atomic mass is 10.0. The molecule has 0 saturated heterocycles. The van der Waals surface area contributed by atoms with E-state index in [-0.39, 0.29) is 11.4 Å². The molecular weight excluding hydrogens is 432 g/mol. The number of carbonyl (C=O) groups excluding carboxylic acids is 2. The van der Waals surface area contributed by atoms with Crippen LogP contribution >= 0.6 is 0 Å². The van der Waals surface area contributed by atoms with E-state index in [1.807, 2.05) is 37.5 Å². The molecule has 1 N–H and O–H groups in total. The van der Waals surface area contributed by atoms with E-state index in [1.54, 1.807) is 30.8 Å². The first-order valence-corrected chi connectivity index (χ1v) is 10.6. The van der Waals surface area contributed by atoms with Crippen LogP contribution in [0.2, 0.25) is 0 Å². The molecule has 4 rings (SSSR count). The van der Waals surface area contributed by atoms with Crippen molar-refractivity contribution in [1.82, 2.24) is 29.5 Å². The van der Waals surface area contributed by atoms with E-state index in [0.717, 1.165) is 26.6 Å². The standard InChI is InChI=1S/C25H24N6O3/c1-6-29(4)24(33)15(2)27-23(32)16(3)31-14-26-22-19(8-7-9-20(22)25(31)34)17-10-11-18-13-30(5)28-21(18)12-17/h7-14H,2-3,6H2,1,4-5H3,(H,27,32). The van der Waals surface area contributed by atoms with E-state index in [9.17, 15) is 14.4 Å². The number of amides is 2. The monoisotopic (exact) mass is 456 g/mol. The van der Waals surface area contributed by atoms with Crippen molar-refractivity contribution in [3.63, 3.8) is 0 Å². The molecule has 2 heterocycles. The van der Waals surface area contributed by atoms with Crippen LogP contribution in [0.3, 0.4) is 0 Å². The average Bonchev–Trinajstić information content (AvgIpc) is 3.21. The van der Waals surface area contributed by atoms with Gasteiger partial charge in [0.1, 0.15) is 12.0 Å². The lowest BCUT2D eigenvalue weighted by Gasteiger charge is -2.17. The molecule has 9 heteroatoms. The largest absolute Gasteiger partial charge is 0.341 e. The highest BCUT2D eigenvalue weighted by Gasteiger charge is 2.19. The van der Waals surface area contributed by atoms with Gasteiger partial charge in [-0.1, -0.05) is 37.4 Å². The van der Waals surface area contributed by atoms with Gasteiger partial charge in [-0.15, -0.1) is 0 Å². The molecule has 0 bridgehead atoms. The second-order valence-corrected chi connectivity index (χ2v) is 7.90. The molecule has 2 amide bonds. The molecule has 0 aliphatic rings. The average molecular weight is 457 g/mol. The van der Waals surface area contributed by atoms with Gasteiger partial charge < -0.3 is 10.2 Å². The second kappa shape index (κ2) is 8.78. The summed E-state index contributed by atoms with van der Waals surface area (Å²) in [6, 6.07) is 11.2. The molecule has 4 aromatic rings. The fourth-order valence-corrected chi connectivity index (χ4v) is 3.63. The molecule has 2 aromatic heterocycles. The van der Waals surface area contributed by atoms with Gasteiger partial charge in [0.05, 0.1) is 22.1 Å². The van der Waals surface area contributed by atoms with Crippen LogP contribution in [0.25, 0.3) is 38.6 Å². The number of hydrogen-bond donors (Lipinski definition) is 1. The van der Waals surface area contributed by atoms with Gasteiger partial charge in [0, 0.05) is 37.8 Å². The van der Waals surface area contributed by atoms with Crippen LogP contribution in [0.4, 0.5) is 0 Å². The molecule has 0 aliphatic carbocycles. The van der Waals surface area contributed by atoms with Crippen LogP contribution in [-0.2, 0) is 16.6 Å². The number of likely N-dealkylation sites (N-methyl/N-ethyl adjacent to an activating group) is 1. The molecule has 2 aromatic carbocycles. The molecule has 0 atom stereocenters. The zero-order valence-corrected chi connectivity index (χ0v) is 19.2. The topological polar surface area (TPSA) is 102 Å². The molecule has 172 valence electrons. The molecule has 0 radical (unpaired) electrons. The normalized spacial score (nSPS) is 10.9. The number of hydrogen-bond acceptors (Lipinski definition) is 5. The van der Waals surface area contributed by atoms with Crippen molar-refractivity contribution < 1.29 is 9.59 Å². The van der Waals surface area contributed by atoms with Crippen LogP contribution < -0.4 is 10.9 Å². The zero-order chi connectivity index (χ0) is 24.6. The third-order valence-electron chi connectivity index (χ3n) is 5.62.